The van der Waals surface area contributed by atoms with Crippen LogP contribution >= 0.6 is 0 Å². The summed E-state index contributed by atoms with van der Waals surface area (Å²) >= 11 is 0. The van der Waals surface area contributed by atoms with Crippen LogP contribution in [0.15, 0.2) is 30.3 Å². The number of carbonyl (C=O) groups excluding carboxylic acids is 2. The van der Waals surface area contributed by atoms with Gasteiger partial charge in [0.25, 0.3) is 0 Å². The van der Waals surface area contributed by atoms with Crippen LogP contribution in [0.4, 0.5) is 0 Å². The van der Waals surface area contributed by atoms with Crippen molar-refractivity contribution in [3.8, 4) is 0 Å². The van der Waals surface area contributed by atoms with E-state index in [9.17, 15) is 9.59 Å². The second-order valence-electron chi connectivity index (χ2n) is 5.15. The van der Waals surface area contributed by atoms with Crippen LogP contribution in [0, 0.1) is 0 Å². The van der Waals surface area contributed by atoms with Gasteiger partial charge in [-0.25, -0.2) is 0 Å². The van der Waals surface area contributed by atoms with E-state index < -0.39 is 0 Å². The first kappa shape index (κ1) is 14.7. The summed E-state index contributed by atoms with van der Waals surface area (Å²) in [7, 11) is 0. The number of unbranched alkanes of at least 4 members (excludes halogenated alkanes) is 1. The van der Waals surface area contributed by atoms with Gasteiger partial charge in [-0.2, -0.15) is 0 Å². The fraction of sp³-hybridized carbons (Fsp3) is 0.500. The van der Waals surface area contributed by atoms with Gasteiger partial charge in [-0.3, -0.25) is 9.59 Å². The lowest BCUT2D eigenvalue weighted by atomic mass is 9.89. The molecule has 0 aliphatic carbocycles. The SMILES string of the molecule is CCCCC(=O)ON1CCC(c2ccccc2)C(=O)C1. The molecule has 0 saturated carbocycles. The lowest BCUT2D eigenvalue weighted by Gasteiger charge is -2.29. The van der Waals surface area contributed by atoms with Crippen molar-refractivity contribution in [2.45, 2.75) is 38.5 Å². The van der Waals surface area contributed by atoms with E-state index in [2.05, 4.69) is 0 Å². The van der Waals surface area contributed by atoms with Gasteiger partial charge in [0, 0.05) is 18.9 Å². The first-order valence-electron chi connectivity index (χ1n) is 7.24. The highest BCUT2D eigenvalue weighted by molar-refractivity contribution is 5.88. The minimum absolute atomic E-state index is 0.0678. The molecule has 1 fully saturated rings. The van der Waals surface area contributed by atoms with Crippen LogP contribution in [-0.4, -0.2) is 29.9 Å². The van der Waals surface area contributed by atoms with Crippen LogP contribution < -0.4 is 0 Å². The molecular formula is C16H21NO3. The fourth-order valence-electron chi connectivity index (χ4n) is 2.42. The van der Waals surface area contributed by atoms with Crippen LogP contribution in [0.1, 0.15) is 44.1 Å². The molecule has 1 aromatic carbocycles. The van der Waals surface area contributed by atoms with E-state index in [1.165, 1.54) is 5.06 Å². The average molecular weight is 275 g/mol. The Morgan fingerprint density at radius 1 is 1.35 bits per heavy atom. The van der Waals surface area contributed by atoms with Crippen molar-refractivity contribution < 1.29 is 14.4 Å². The second kappa shape index (κ2) is 7.20. The largest absolute Gasteiger partial charge is 0.368 e. The lowest BCUT2D eigenvalue weighted by Crippen LogP contribution is -2.41. The van der Waals surface area contributed by atoms with Gasteiger partial charge in [-0.1, -0.05) is 43.7 Å². The maximum Gasteiger partial charge on any atom is 0.325 e. The summed E-state index contributed by atoms with van der Waals surface area (Å²) in [5, 5.41) is 1.50. The number of hydrogen-bond acceptors (Lipinski definition) is 4. The molecule has 0 radical (unpaired) electrons. The number of hydroxylamine groups is 2. The predicted octanol–water partition coefficient (Wildman–Crippen LogP) is 2.69. The van der Waals surface area contributed by atoms with Crippen molar-refractivity contribution in [1.82, 2.24) is 5.06 Å². The van der Waals surface area contributed by atoms with Crippen molar-refractivity contribution in [2.75, 3.05) is 13.1 Å². The zero-order valence-electron chi connectivity index (χ0n) is 11.9. The normalized spacial score (nSPS) is 19.9. The number of piperidine rings is 1. The Morgan fingerprint density at radius 2 is 2.10 bits per heavy atom. The molecule has 1 heterocycles. The third-order valence-electron chi connectivity index (χ3n) is 3.56. The first-order valence-corrected chi connectivity index (χ1v) is 7.24. The molecule has 1 aliphatic heterocycles. The third kappa shape index (κ3) is 3.90. The molecule has 1 atom stereocenters. The number of hydrogen-bond donors (Lipinski definition) is 0. The molecule has 1 aromatic rings. The minimum atomic E-state index is -0.238. The van der Waals surface area contributed by atoms with Crippen LogP contribution in [0.3, 0.4) is 0 Å². The molecule has 2 rings (SSSR count). The highest BCUT2D eigenvalue weighted by Gasteiger charge is 2.29. The predicted molar refractivity (Wildman–Crippen MR) is 76.0 cm³/mol. The monoisotopic (exact) mass is 275 g/mol. The molecule has 0 N–H and O–H groups in total. The number of ketones is 1. The van der Waals surface area contributed by atoms with E-state index in [1.54, 1.807) is 0 Å². The lowest BCUT2D eigenvalue weighted by molar-refractivity contribution is -0.195. The Bertz CT molecular complexity index is 458. The number of benzene rings is 1. The Balaban J connectivity index is 1.86. The van der Waals surface area contributed by atoms with Gasteiger partial charge >= 0.3 is 5.97 Å². The minimum Gasteiger partial charge on any atom is -0.368 e. The van der Waals surface area contributed by atoms with Crippen molar-refractivity contribution in [3.63, 3.8) is 0 Å². The summed E-state index contributed by atoms with van der Waals surface area (Å²) < 4.78 is 0. The standard InChI is InChI=1S/C16H21NO3/c1-2-3-9-16(19)20-17-11-10-14(15(18)12-17)13-7-5-4-6-8-13/h4-8,14H,2-3,9-12H2,1H3. The summed E-state index contributed by atoms with van der Waals surface area (Å²) in [6.07, 6.45) is 2.91. The Kier molecular flexibility index (Phi) is 5.30. The number of carbonyl (C=O) groups is 2. The molecule has 0 amide bonds. The molecule has 4 nitrogen and oxygen atoms in total. The molecule has 4 heteroatoms. The zero-order valence-corrected chi connectivity index (χ0v) is 11.9. The molecular weight excluding hydrogens is 254 g/mol. The van der Waals surface area contributed by atoms with Crippen LogP contribution in [0.25, 0.3) is 0 Å². The van der Waals surface area contributed by atoms with Crippen LogP contribution in [0.5, 0.6) is 0 Å². The van der Waals surface area contributed by atoms with Crippen molar-refractivity contribution in [3.05, 3.63) is 35.9 Å². The molecule has 0 spiro atoms. The van der Waals surface area contributed by atoms with Gasteiger partial charge in [0.1, 0.15) is 0 Å². The van der Waals surface area contributed by atoms with E-state index in [0.717, 1.165) is 18.4 Å². The van der Waals surface area contributed by atoms with E-state index in [1.807, 2.05) is 37.3 Å². The van der Waals surface area contributed by atoms with E-state index in [0.29, 0.717) is 19.4 Å². The first-order chi connectivity index (χ1) is 9.70. The number of nitrogens with zero attached hydrogens (tertiary/aromatic N) is 1. The smallest absolute Gasteiger partial charge is 0.325 e. The zero-order chi connectivity index (χ0) is 14.4. The maximum atomic E-state index is 12.2. The Morgan fingerprint density at radius 3 is 2.75 bits per heavy atom. The molecule has 1 aliphatic rings. The fourth-order valence-corrected chi connectivity index (χ4v) is 2.42. The number of Topliss-reactive ketones (excluding diaryl/α,β-unsaturated/α-hetero) is 1. The van der Waals surface area contributed by atoms with E-state index >= 15 is 0 Å². The highest BCUT2D eigenvalue weighted by atomic mass is 16.7. The third-order valence-corrected chi connectivity index (χ3v) is 3.56. The van der Waals surface area contributed by atoms with Crippen LogP contribution in [-0.2, 0) is 14.4 Å². The summed E-state index contributed by atoms with van der Waals surface area (Å²) in [6.45, 7) is 2.84. The summed E-state index contributed by atoms with van der Waals surface area (Å²) in [5.74, 6) is -0.189. The van der Waals surface area contributed by atoms with Crippen molar-refractivity contribution in [1.29, 1.82) is 0 Å². The van der Waals surface area contributed by atoms with Gasteiger partial charge < -0.3 is 4.84 Å². The molecule has 0 bridgehead atoms. The highest BCUT2D eigenvalue weighted by Crippen LogP contribution is 2.25. The molecule has 1 unspecified atom stereocenters. The quantitative estimate of drug-likeness (QED) is 0.829. The Labute approximate surface area is 119 Å². The van der Waals surface area contributed by atoms with Crippen molar-refractivity contribution >= 4 is 11.8 Å². The maximum absolute atomic E-state index is 12.2. The summed E-state index contributed by atoms with van der Waals surface area (Å²) in [4.78, 5) is 28.9. The van der Waals surface area contributed by atoms with Gasteiger partial charge in [-0.05, 0) is 18.4 Å². The molecule has 108 valence electrons. The van der Waals surface area contributed by atoms with E-state index in [4.69, 9.17) is 4.84 Å². The van der Waals surface area contributed by atoms with Gasteiger partial charge in [-0.15, -0.1) is 5.06 Å². The second-order valence-corrected chi connectivity index (χ2v) is 5.15. The molecule has 1 saturated heterocycles. The molecule has 20 heavy (non-hydrogen) atoms. The van der Waals surface area contributed by atoms with Crippen molar-refractivity contribution in [2.24, 2.45) is 0 Å². The summed E-state index contributed by atoms with van der Waals surface area (Å²) in [5.41, 5.74) is 1.05. The van der Waals surface area contributed by atoms with Gasteiger partial charge in [0.2, 0.25) is 0 Å². The van der Waals surface area contributed by atoms with Gasteiger partial charge in [0.15, 0.2) is 5.78 Å². The number of rotatable bonds is 5. The van der Waals surface area contributed by atoms with E-state index in [-0.39, 0.29) is 24.2 Å². The summed E-state index contributed by atoms with van der Waals surface area (Å²) in [6, 6.07) is 9.79. The average Bonchev–Trinajstić information content (AvgIpc) is 2.46. The topological polar surface area (TPSA) is 46.6 Å². The Hall–Kier alpha value is -1.68. The van der Waals surface area contributed by atoms with Crippen LogP contribution in [0.2, 0.25) is 0 Å². The van der Waals surface area contributed by atoms with Gasteiger partial charge in [0.05, 0.1) is 6.54 Å². The molecule has 0 aromatic heterocycles.